The first-order chi connectivity index (χ1) is 5.63. The number of likely N-dealkylation sites (N-methyl/N-ethyl adjacent to an activating group) is 1. The normalized spacial score (nSPS) is 10.2. The zero-order valence-corrected chi connectivity index (χ0v) is 8.13. The van der Waals surface area contributed by atoms with E-state index in [4.69, 9.17) is 0 Å². The summed E-state index contributed by atoms with van der Waals surface area (Å²) in [6.07, 6.45) is 4.53. The van der Waals surface area contributed by atoms with Crippen LogP contribution in [0.25, 0.3) is 0 Å². The van der Waals surface area contributed by atoms with Gasteiger partial charge in [0.2, 0.25) is 0 Å². The molecule has 68 valence electrons. The lowest BCUT2D eigenvalue weighted by Gasteiger charge is -2.15. The van der Waals surface area contributed by atoms with Gasteiger partial charge in [-0.25, -0.2) is 0 Å². The van der Waals surface area contributed by atoms with Gasteiger partial charge in [-0.1, -0.05) is 25.7 Å². The van der Waals surface area contributed by atoms with Crippen LogP contribution in [0.2, 0.25) is 0 Å². The highest BCUT2D eigenvalue weighted by Crippen LogP contribution is 1.99. The molecular formula is C10H17NO. The molecule has 0 saturated carbocycles. The molecule has 2 heteroatoms. The van der Waals surface area contributed by atoms with Crippen LogP contribution in [0, 0.1) is 0 Å². The van der Waals surface area contributed by atoms with Crippen molar-refractivity contribution >= 4 is 5.91 Å². The fourth-order valence-electron chi connectivity index (χ4n) is 0.955. The fraction of sp³-hybridized carbons (Fsp3) is 0.500. The van der Waals surface area contributed by atoms with Crippen LogP contribution in [0.3, 0.4) is 0 Å². The van der Waals surface area contributed by atoms with Crippen LogP contribution in [-0.4, -0.2) is 24.4 Å². The topological polar surface area (TPSA) is 20.3 Å². The number of hydrogen-bond acceptors (Lipinski definition) is 1. The Kier molecular flexibility index (Phi) is 5.09. The van der Waals surface area contributed by atoms with E-state index in [0.717, 1.165) is 13.0 Å². The molecule has 0 aromatic rings. The molecule has 0 rings (SSSR count). The van der Waals surface area contributed by atoms with E-state index in [9.17, 15) is 4.79 Å². The quantitative estimate of drug-likeness (QED) is 0.463. The predicted molar refractivity (Wildman–Crippen MR) is 51.9 cm³/mol. The van der Waals surface area contributed by atoms with Crippen molar-refractivity contribution in [2.45, 2.75) is 20.3 Å². The first-order valence-corrected chi connectivity index (χ1v) is 4.20. The molecule has 0 aliphatic carbocycles. The van der Waals surface area contributed by atoms with E-state index in [2.05, 4.69) is 6.58 Å². The highest BCUT2D eigenvalue weighted by molar-refractivity contribution is 5.95. The fourth-order valence-corrected chi connectivity index (χ4v) is 0.955. The second-order valence-electron chi connectivity index (χ2n) is 2.75. The minimum Gasteiger partial charge on any atom is -0.342 e. The number of carbonyl (C=O) groups is 1. The SMILES string of the molecule is C=C(/C=C\C)C(=O)N(C)CCC. The second-order valence-corrected chi connectivity index (χ2v) is 2.75. The minimum absolute atomic E-state index is 0.00921. The standard InChI is InChI=1S/C10H17NO/c1-5-7-9(3)10(12)11(4)8-6-2/h5,7H,3,6,8H2,1-2,4H3/b7-5-. The smallest absolute Gasteiger partial charge is 0.252 e. The molecule has 0 spiro atoms. The summed E-state index contributed by atoms with van der Waals surface area (Å²) in [7, 11) is 1.79. The maximum atomic E-state index is 11.4. The van der Waals surface area contributed by atoms with Crippen molar-refractivity contribution in [3.63, 3.8) is 0 Å². The second kappa shape index (κ2) is 5.58. The molecule has 12 heavy (non-hydrogen) atoms. The Morgan fingerprint density at radius 3 is 2.58 bits per heavy atom. The van der Waals surface area contributed by atoms with Crippen LogP contribution in [0.5, 0.6) is 0 Å². The third kappa shape index (κ3) is 3.37. The molecule has 0 heterocycles. The summed E-state index contributed by atoms with van der Waals surface area (Å²) in [5, 5.41) is 0. The number of amides is 1. The van der Waals surface area contributed by atoms with E-state index in [1.807, 2.05) is 19.9 Å². The molecule has 0 N–H and O–H groups in total. The van der Waals surface area contributed by atoms with Crippen molar-refractivity contribution in [3.05, 3.63) is 24.3 Å². The Hall–Kier alpha value is -1.05. The van der Waals surface area contributed by atoms with Gasteiger partial charge < -0.3 is 4.90 Å². The Bertz CT molecular complexity index is 194. The third-order valence-corrected chi connectivity index (χ3v) is 1.55. The molecule has 0 aliphatic heterocycles. The van der Waals surface area contributed by atoms with Gasteiger partial charge in [-0.3, -0.25) is 4.79 Å². The maximum Gasteiger partial charge on any atom is 0.252 e. The molecule has 0 saturated heterocycles. The van der Waals surface area contributed by atoms with E-state index in [-0.39, 0.29) is 5.91 Å². The Balaban J connectivity index is 4.09. The molecule has 0 unspecified atom stereocenters. The van der Waals surface area contributed by atoms with Crippen molar-refractivity contribution in [3.8, 4) is 0 Å². The predicted octanol–water partition coefficient (Wildman–Crippen LogP) is 1.99. The zero-order chi connectivity index (χ0) is 9.56. The van der Waals surface area contributed by atoms with Gasteiger partial charge in [0, 0.05) is 19.2 Å². The number of allylic oxidation sites excluding steroid dienone is 1. The lowest BCUT2D eigenvalue weighted by Crippen LogP contribution is -2.27. The summed E-state index contributed by atoms with van der Waals surface area (Å²) in [6, 6.07) is 0. The average molecular weight is 167 g/mol. The Morgan fingerprint density at radius 1 is 1.58 bits per heavy atom. The first-order valence-electron chi connectivity index (χ1n) is 4.20. The summed E-state index contributed by atoms with van der Waals surface area (Å²) in [5.41, 5.74) is 0.549. The molecule has 0 aliphatic rings. The maximum absolute atomic E-state index is 11.4. The summed E-state index contributed by atoms with van der Waals surface area (Å²) >= 11 is 0. The van der Waals surface area contributed by atoms with Crippen LogP contribution in [0.15, 0.2) is 24.3 Å². The summed E-state index contributed by atoms with van der Waals surface area (Å²) in [6.45, 7) is 8.37. The summed E-state index contributed by atoms with van der Waals surface area (Å²) < 4.78 is 0. The van der Waals surface area contributed by atoms with Gasteiger partial charge in [-0.2, -0.15) is 0 Å². The monoisotopic (exact) mass is 167 g/mol. The molecule has 0 aromatic heterocycles. The van der Waals surface area contributed by atoms with Crippen LogP contribution >= 0.6 is 0 Å². The van der Waals surface area contributed by atoms with E-state index in [1.165, 1.54) is 0 Å². The van der Waals surface area contributed by atoms with Crippen LogP contribution < -0.4 is 0 Å². The number of rotatable bonds is 4. The van der Waals surface area contributed by atoms with E-state index < -0.39 is 0 Å². The van der Waals surface area contributed by atoms with E-state index >= 15 is 0 Å². The lowest BCUT2D eigenvalue weighted by molar-refractivity contribution is -0.125. The van der Waals surface area contributed by atoms with Gasteiger partial charge in [-0.15, -0.1) is 0 Å². The number of carbonyl (C=O) groups excluding carboxylic acids is 1. The van der Waals surface area contributed by atoms with Crippen molar-refractivity contribution in [1.29, 1.82) is 0 Å². The zero-order valence-electron chi connectivity index (χ0n) is 8.13. The highest BCUT2D eigenvalue weighted by Gasteiger charge is 2.08. The lowest BCUT2D eigenvalue weighted by atomic mass is 10.2. The van der Waals surface area contributed by atoms with Gasteiger partial charge in [0.15, 0.2) is 0 Å². The molecular weight excluding hydrogens is 150 g/mol. The van der Waals surface area contributed by atoms with E-state index in [0.29, 0.717) is 5.57 Å². The van der Waals surface area contributed by atoms with Crippen LogP contribution in [0.4, 0.5) is 0 Å². The molecule has 2 nitrogen and oxygen atoms in total. The first kappa shape index (κ1) is 11.0. The van der Waals surface area contributed by atoms with Crippen LogP contribution in [-0.2, 0) is 4.79 Å². The van der Waals surface area contributed by atoms with Crippen molar-refractivity contribution in [2.75, 3.05) is 13.6 Å². The van der Waals surface area contributed by atoms with Crippen molar-refractivity contribution in [1.82, 2.24) is 4.90 Å². The van der Waals surface area contributed by atoms with E-state index in [1.54, 1.807) is 18.0 Å². The molecule has 0 fully saturated rings. The number of nitrogens with zero attached hydrogens (tertiary/aromatic N) is 1. The van der Waals surface area contributed by atoms with Gasteiger partial charge in [0.25, 0.3) is 5.91 Å². The molecule has 0 atom stereocenters. The number of hydrogen-bond donors (Lipinski definition) is 0. The van der Waals surface area contributed by atoms with Gasteiger partial charge >= 0.3 is 0 Å². The molecule has 0 radical (unpaired) electrons. The van der Waals surface area contributed by atoms with Crippen molar-refractivity contribution in [2.24, 2.45) is 0 Å². The highest BCUT2D eigenvalue weighted by atomic mass is 16.2. The van der Waals surface area contributed by atoms with Crippen molar-refractivity contribution < 1.29 is 4.79 Å². The summed E-state index contributed by atoms with van der Waals surface area (Å²) in [4.78, 5) is 13.1. The third-order valence-electron chi connectivity index (χ3n) is 1.55. The molecule has 0 bridgehead atoms. The Labute approximate surface area is 74.6 Å². The van der Waals surface area contributed by atoms with Gasteiger partial charge in [0.1, 0.15) is 0 Å². The Morgan fingerprint density at radius 2 is 2.17 bits per heavy atom. The van der Waals surface area contributed by atoms with Gasteiger partial charge in [-0.05, 0) is 13.3 Å². The summed E-state index contributed by atoms with van der Waals surface area (Å²) in [5.74, 6) is 0.00921. The van der Waals surface area contributed by atoms with Gasteiger partial charge in [0.05, 0.1) is 0 Å². The van der Waals surface area contributed by atoms with Crippen LogP contribution in [0.1, 0.15) is 20.3 Å². The molecule has 0 aromatic carbocycles. The molecule has 1 amide bonds. The largest absolute Gasteiger partial charge is 0.342 e. The average Bonchev–Trinajstić information content (AvgIpc) is 2.04. The minimum atomic E-state index is 0.00921.